The summed E-state index contributed by atoms with van der Waals surface area (Å²) in [6.07, 6.45) is 0. The second kappa shape index (κ2) is 4.56. The molecule has 78 valence electrons. The molecule has 14 heavy (non-hydrogen) atoms. The van der Waals surface area contributed by atoms with Gasteiger partial charge in [-0.1, -0.05) is 0 Å². The maximum Gasteiger partial charge on any atom is 0.122 e. The summed E-state index contributed by atoms with van der Waals surface area (Å²) in [5, 5.41) is 3.15. The molecule has 0 amide bonds. The van der Waals surface area contributed by atoms with Crippen LogP contribution in [0.5, 0.6) is 5.75 Å². The van der Waals surface area contributed by atoms with Gasteiger partial charge in [-0.15, -0.1) is 11.6 Å². The second-order valence-electron chi connectivity index (χ2n) is 3.33. The minimum atomic E-state index is 0.424. The highest BCUT2D eigenvalue weighted by Gasteiger charge is 2.09. The van der Waals surface area contributed by atoms with Gasteiger partial charge in [0.05, 0.1) is 13.1 Å². The Morgan fingerprint density at radius 1 is 1.29 bits per heavy atom. The summed E-state index contributed by atoms with van der Waals surface area (Å²) in [5.41, 5.74) is 4.62. The van der Waals surface area contributed by atoms with Crippen LogP contribution in [0.25, 0.3) is 0 Å². The lowest BCUT2D eigenvalue weighted by molar-refractivity contribution is 0.411. The molecule has 0 saturated carbocycles. The minimum Gasteiger partial charge on any atom is -0.496 e. The highest BCUT2D eigenvalue weighted by atomic mass is 35.5. The fourth-order valence-electron chi connectivity index (χ4n) is 1.60. The Balaban J connectivity index is 3.26. The van der Waals surface area contributed by atoms with E-state index in [1.54, 1.807) is 7.11 Å². The Bertz CT molecular complexity index is 337. The molecule has 2 nitrogen and oxygen atoms in total. The van der Waals surface area contributed by atoms with E-state index in [2.05, 4.69) is 12.2 Å². The predicted molar refractivity (Wildman–Crippen MR) is 61.5 cm³/mol. The number of hydrogen-bond acceptors (Lipinski definition) is 2. The number of nitrogens with one attached hydrogen (secondary N) is 1. The molecule has 1 rings (SSSR count). The third-order valence-electron chi connectivity index (χ3n) is 2.51. The number of alkyl halides is 1. The Labute approximate surface area is 90.2 Å². The van der Waals surface area contributed by atoms with Gasteiger partial charge in [-0.3, -0.25) is 0 Å². The highest BCUT2D eigenvalue weighted by Crippen LogP contribution is 2.30. The van der Waals surface area contributed by atoms with Crippen molar-refractivity contribution in [3.05, 3.63) is 22.8 Å². The van der Waals surface area contributed by atoms with Gasteiger partial charge in [0.25, 0.3) is 0 Å². The SMILES string of the molecule is COc1cc(C)c(NCCl)c(C)c1C. The van der Waals surface area contributed by atoms with E-state index in [1.165, 1.54) is 5.56 Å². The number of aryl methyl sites for hydroxylation is 1. The molecule has 0 radical (unpaired) electrons. The zero-order chi connectivity index (χ0) is 10.7. The Kier molecular flexibility index (Phi) is 3.64. The van der Waals surface area contributed by atoms with Gasteiger partial charge < -0.3 is 10.1 Å². The molecule has 0 heterocycles. The molecule has 0 aromatic heterocycles. The van der Waals surface area contributed by atoms with Gasteiger partial charge in [-0.2, -0.15) is 0 Å². The predicted octanol–water partition coefficient (Wildman–Crippen LogP) is 3.23. The van der Waals surface area contributed by atoms with Crippen LogP contribution in [-0.2, 0) is 0 Å². The van der Waals surface area contributed by atoms with Crippen LogP contribution in [0.15, 0.2) is 6.07 Å². The summed E-state index contributed by atoms with van der Waals surface area (Å²) in [5.74, 6) is 0.931. The lowest BCUT2D eigenvalue weighted by atomic mass is 10.0. The molecule has 0 atom stereocenters. The molecule has 1 N–H and O–H groups in total. The smallest absolute Gasteiger partial charge is 0.122 e. The molecule has 3 heteroatoms. The van der Waals surface area contributed by atoms with Gasteiger partial charge in [0, 0.05) is 5.69 Å². The third kappa shape index (κ3) is 1.95. The van der Waals surface area contributed by atoms with Crippen LogP contribution in [0.1, 0.15) is 16.7 Å². The van der Waals surface area contributed by atoms with E-state index in [-0.39, 0.29) is 0 Å². The first kappa shape index (κ1) is 11.2. The quantitative estimate of drug-likeness (QED) is 0.615. The van der Waals surface area contributed by atoms with Crippen LogP contribution in [0.2, 0.25) is 0 Å². The minimum absolute atomic E-state index is 0.424. The summed E-state index contributed by atoms with van der Waals surface area (Å²) in [4.78, 5) is 0. The lowest BCUT2D eigenvalue weighted by Gasteiger charge is -2.16. The normalized spacial score (nSPS) is 10.1. The van der Waals surface area contributed by atoms with E-state index in [9.17, 15) is 0 Å². The average Bonchev–Trinajstić information content (AvgIpc) is 2.18. The van der Waals surface area contributed by atoms with Crippen LogP contribution in [0.3, 0.4) is 0 Å². The fourth-order valence-corrected chi connectivity index (χ4v) is 1.73. The molecule has 1 aromatic rings. The molecule has 1 aromatic carbocycles. The Morgan fingerprint density at radius 2 is 1.93 bits per heavy atom. The molecule has 0 aliphatic carbocycles. The van der Waals surface area contributed by atoms with Crippen molar-refractivity contribution in [1.82, 2.24) is 0 Å². The monoisotopic (exact) mass is 213 g/mol. The summed E-state index contributed by atoms with van der Waals surface area (Å²) in [7, 11) is 1.69. The van der Waals surface area contributed by atoms with Crippen molar-refractivity contribution in [2.45, 2.75) is 20.8 Å². The van der Waals surface area contributed by atoms with Gasteiger partial charge in [0.2, 0.25) is 0 Å². The summed E-state index contributed by atoms with van der Waals surface area (Å²) in [6.45, 7) is 6.16. The molecular weight excluding hydrogens is 198 g/mol. The van der Waals surface area contributed by atoms with E-state index in [1.807, 2.05) is 19.9 Å². The van der Waals surface area contributed by atoms with Crippen molar-refractivity contribution < 1.29 is 4.74 Å². The van der Waals surface area contributed by atoms with E-state index in [4.69, 9.17) is 16.3 Å². The largest absolute Gasteiger partial charge is 0.496 e. The lowest BCUT2D eigenvalue weighted by Crippen LogP contribution is -2.02. The maximum atomic E-state index is 5.66. The van der Waals surface area contributed by atoms with Gasteiger partial charge in [0.1, 0.15) is 5.75 Å². The maximum absolute atomic E-state index is 5.66. The highest BCUT2D eigenvalue weighted by molar-refractivity contribution is 6.18. The Morgan fingerprint density at radius 3 is 2.43 bits per heavy atom. The number of benzene rings is 1. The van der Waals surface area contributed by atoms with E-state index >= 15 is 0 Å². The molecule has 0 aliphatic rings. The zero-order valence-corrected chi connectivity index (χ0v) is 9.83. The molecule has 0 fully saturated rings. The van der Waals surface area contributed by atoms with Gasteiger partial charge in [-0.25, -0.2) is 0 Å². The van der Waals surface area contributed by atoms with E-state index in [0.29, 0.717) is 6.00 Å². The average molecular weight is 214 g/mol. The van der Waals surface area contributed by atoms with Crippen LogP contribution in [0.4, 0.5) is 5.69 Å². The number of methoxy groups -OCH3 is 1. The topological polar surface area (TPSA) is 21.3 Å². The van der Waals surface area contributed by atoms with Crippen LogP contribution in [0, 0.1) is 20.8 Å². The first-order chi connectivity index (χ1) is 6.61. The molecule has 0 bridgehead atoms. The molecule has 0 saturated heterocycles. The first-order valence-electron chi connectivity index (χ1n) is 4.56. The van der Waals surface area contributed by atoms with E-state index in [0.717, 1.165) is 22.6 Å². The molecule has 0 aliphatic heterocycles. The number of ether oxygens (including phenoxy) is 1. The van der Waals surface area contributed by atoms with E-state index < -0.39 is 0 Å². The third-order valence-corrected chi connectivity index (χ3v) is 2.65. The fraction of sp³-hybridized carbons (Fsp3) is 0.455. The van der Waals surface area contributed by atoms with Crippen LogP contribution in [-0.4, -0.2) is 13.1 Å². The molecule has 0 spiro atoms. The van der Waals surface area contributed by atoms with Gasteiger partial charge in [0.15, 0.2) is 0 Å². The number of rotatable bonds is 3. The van der Waals surface area contributed by atoms with Crippen molar-refractivity contribution in [3.63, 3.8) is 0 Å². The molecule has 0 unspecified atom stereocenters. The van der Waals surface area contributed by atoms with Gasteiger partial charge >= 0.3 is 0 Å². The van der Waals surface area contributed by atoms with Gasteiger partial charge in [-0.05, 0) is 43.5 Å². The van der Waals surface area contributed by atoms with Crippen LogP contribution >= 0.6 is 11.6 Å². The van der Waals surface area contributed by atoms with Crippen molar-refractivity contribution in [1.29, 1.82) is 0 Å². The van der Waals surface area contributed by atoms with Crippen LogP contribution < -0.4 is 10.1 Å². The summed E-state index contributed by atoms with van der Waals surface area (Å²) in [6, 6.07) is 2.45. The van der Waals surface area contributed by atoms with Crippen molar-refractivity contribution in [3.8, 4) is 5.75 Å². The summed E-state index contributed by atoms with van der Waals surface area (Å²) < 4.78 is 5.28. The Hall–Kier alpha value is -0.890. The number of hydrogen-bond donors (Lipinski definition) is 1. The van der Waals surface area contributed by atoms with Crippen molar-refractivity contribution in [2.24, 2.45) is 0 Å². The van der Waals surface area contributed by atoms with Crippen molar-refractivity contribution in [2.75, 3.05) is 18.4 Å². The zero-order valence-electron chi connectivity index (χ0n) is 9.07. The second-order valence-corrected chi connectivity index (χ2v) is 3.60. The first-order valence-corrected chi connectivity index (χ1v) is 5.10. The number of halogens is 1. The van der Waals surface area contributed by atoms with Crippen molar-refractivity contribution >= 4 is 17.3 Å². The number of anilines is 1. The standard InChI is InChI=1S/C11H16ClNO/c1-7-5-10(14-4)8(2)9(3)11(7)13-6-12/h5,13H,6H2,1-4H3. The molecular formula is C11H16ClNO. The summed E-state index contributed by atoms with van der Waals surface area (Å²) >= 11 is 5.66.